The molecule has 26 heavy (non-hydrogen) atoms. The lowest BCUT2D eigenvalue weighted by Crippen LogP contribution is -2.14. The molecule has 132 valence electrons. The van der Waals surface area contributed by atoms with Crippen molar-refractivity contribution in [2.75, 3.05) is 5.32 Å². The second kappa shape index (κ2) is 7.15. The van der Waals surface area contributed by atoms with Gasteiger partial charge in [0.05, 0.1) is 15.0 Å². The molecule has 3 aromatic rings. The summed E-state index contributed by atoms with van der Waals surface area (Å²) < 4.78 is 5.13. The minimum Gasteiger partial charge on any atom is -0.360 e. The summed E-state index contributed by atoms with van der Waals surface area (Å²) in [7, 11) is 0. The van der Waals surface area contributed by atoms with Gasteiger partial charge in [0, 0.05) is 11.6 Å². The Hall–Kier alpha value is -2.90. The largest absolute Gasteiger partial charge is 0.360 e. The normalized spacial score (nSPS) is 10.6. The number of anilines is 1. The van der Waals surface area contributed by atoms with Gasteiger partial charge < -0.3 is 9.84 Å². The molecule has 0 bridgehead atoms. The zero-order valence-corrected chi connectivity index (χ0v) is 14.8. The lowest BCUT2D eigenvalue weighted by atomic mass is 10.1. The van der Waals surface area contributed by atoms with Crippen LogP contribution in [0, 0.1) is 17.0 Å². The summed E-state index contributed by atoms with van der Waals surface area (Å²) in [6, 6.07) is 10.7. The van der Waals surface area contributed by atoms with Crippen LogP contribution in [0.25, 0.3) is 11.3 Å². The molecule has 1 N–H and O–H groups in total. The molecule has 9 heteroatoms. The van der Waals surface area contributed by atoms with Crippen LogP contribution in [0.15, 0.2) is 47.0 Å². The average molecular weight is 392 g/mol. The van der Waals surface area contributed by atoms with Crippen molar-refractivity contribution in [2.45, 2.75) is 6.92 Å². The maximum absolute atomic E-state index is 12.8. The predicted molar refractivity (Wildman–Crippen MR) is 97.7 cm³/mol. The maximum Gasteiger partial charge on any atom is 0.292 e. The second-order valence-corrected chi connectivity index (χ2v) is 6.10. The number of amides is 1. The molecule has 1 amide bonds. The van der Waals surface area contributed by atoms with E-state index in [1.807, 2.05) is 0 Å². The molecule has 2 aromatic carbocycles. The van der Waals surface area contributed by atoms with Gasteiger partial charge in [-0.05, 0) is 25.1 Å². The Kier molecular flexibility index (Phi) is 4.92. The third kappa shape index (κ3) is 3.26. The molecule has 0 unspecified atom stereocenters. The molecule has 3 rings (SSSR count). The summed E-state index contributed by atoms with van der Waals surface area (Å²) in [5, 5.41) is 18.1. The summed E-state index contributed by atoms with van der Waals surface area (Å²) in [6.45, 7) is 1.55. The van der Waals surface area contributed by atoms with Gasteiger partial charge in [0.15, 0.2) is 0 Å². The van der Waals surface area contributed by atoms with Crippen molar-refractivity contribution in [3.05, 3.63) is 73.9 Å². The molecule has 1 aromatic heterocycles. The molecule has 0 aliphatic carbocycles. The monoisotopic (exact) mass is 391 g/mol. The van der Waals surface area contributed by atoms with Crippen LogP contribution in [0.1, 0.15) is 16.1 Å². The van der Waals surface area contributed by atoms with Crippen LogP contribution >= 0.6 is 23.2 Å². The van der Waals surface area contributed by atoms with Gasteiger partial charge in [-0.3, -0.25) is 14.9 Å². The number of nitro groups is 1. The molecule has 0 aliphatic rings. The van der Waals surface area contributed by atoms with Crippen LogP contribution < -0.4 is 5.32 Å². The molecule has 0 atom stereocenters. The van der Waals surface area contributed by atoms with Crippen molar-refractivity contribution in [1.29, 1.82) is 0 Å². The number of carbonyl (C=O) groups is 1. The van der Waals surface area contributed by atoms with Crippen molar-refractivity contribution in [3.8, 4) is 11.3 Å². The van der Waals surface area contributed by atoms with E-state index in [2.05, 4.69) is 10.5 Å². The molecular formula is C17H11Cl2N3O4. The number of benzene rings is 2. The fourth-order valence-electron chi connectivity index (χ4n) is 2.46. The van der Waals surface area contributed by atoms with E-state index in [9.17, 15) is 14.9 Å². The molecule has 0 radical (unpaired) electrons. The van der Waals surface area contributed by atoms with Crippen molar-refractivity contribution in [1.82, 2.24) is 5.16 Å². The first kappa shape index (κ1) is 17.9. The molecule has 1 heterocycles. The van der Waals surface area contributed by atoms with E-state index in [0.717, 1.165) is 0 Å². The van der Waals surface area contributed by atoms with Crippen LogP contribution in [0.4, 0.5) is 11.4 Å². The molecule has 0 fully saturated rings. The van der Waals surface area contributed by atoms with E-state index >= 15 is 0 Å². The fraction of sp³-hybridized carbons (Fsp3) is 0.0588. The van der Waals surface area contributed by atoms with Crippen molar-refractivity contribution >= 4 is 40.5 Å². The number of carbonyl (C=O) groups excluding carboxylic acids is 1. The minimum absolute atomic E-state index is 0.0549. The minimum atomic E-state index is -0.621. The topological polar surface area (TPSA) is 98.3 Å². The Morgan fingerprint density at radius 3 is 2.46 bits per heavy atom. The van der Waals surface area contributed by atoms with E-state index in [1.165, 1.54) is 18.2 Å². The van der Waals surface area contributed by atoms with E-state index < -0.39 is 10.8 Å². The van der Waals surface area contributed by atoms with Crippen molar-refractivity contribution < 1.29 is 14.2 Å². The summed E-state index contributed by atoms with van der Waals surface area (Å²) in [5.41, 5.74) is 0.430. The van der Waals surface area contributed by atoms with E-state index in [4.69, 9.17) is 27.7 Å². The number of hydrogen-bond acceptors (Lipinski definition) is 5. The van der Waals surface area contributed by atoms with Gasteiger partial charge in [-0.25, -0.2) is 0 Å². The van der Waals surface area contributed by atoms with Crippen LogP contribution in [0.5, 0.6) is 0 Å². The number of nitrogens with zero attached hydrogens (tertiary/aromatic N) is 2. The summed E-state index contributed by atoms with van der Waals surface area (Å²) >= 11 is 12.4. The molecule has 0 saturated carbocycles. The maximum atomic E-state index is 12.8. The number of nitrogens with one attached hydrogen (secondary N) is 1. The fourth-order valence-corrected chi connectivity index (χ4v) is 3.03. The van der Waals surface area contributed by atoms with Crippen molar-refractivity contribution in [2.24, 2.45) is 0 Å². The summed E-state index contributed by atoms with van der Waals surface area (Å²) in [5.74, 6) is -0.392. The van der Waals surface area contributed by atoms with Crippen LogP contribution in [-0.4, -0.2) is 16.0 Å². The first-order valence-electron chi connectivity index (χ1n) is 7.35. The van der Waals surface area contributed by atoms with Gasteiger partial charge in [-0.2, -0.15) is 0 Å². The highest BCUT2D eigenvalue weighted by atomic mass is 35.5. The van der Waals surface area contributed by atoms with Gasteiger partial charge in [0.25, 0.3) is 11.6 Å². The molecule has 0 saturated heterocycles. The summed E-state index contributed by atoms with van der Waals surface area (Å²) in [4.78, 5) is 23.3. The smallest absolute Gasteiger partial charge is 0.292 e. The van der Waals surface area contributed by atoms with Gasteiger partial charge >= 0.3 is 0 Å². The Balaban J connectivity index is 2.05. The highest BCUT2D eigenvalue weighted by Crippen LogP contribution is 2.37. The van der Waals surface area contributed by atoms with E-state index in [0.29, 0.717) is 15.6 Å². The number of rotatable bonds is 4. The summed E-state index contributed by atoms with van der Waals surface area (Å²) in [6.07, 6.45) is 0. The number of hydrogen-bond donors (Lipinski definition) is 1. The molecular weight excluding hydrogens is 381 g/mol. The average Bonchev–Trinajstić information content (AvgIpc) is 2.96. The Bertz CT molecular complexity index is 997. The third-order valence-electron chi connectivity index (χ3n) is 3.64. The van der Waals surface area contributed by atoms with Crippen LogP contribution in [-0.2, 0) is 0 Å². The van der Waals surface area contributed by atoms with Gasteiger partial charge in [0.1, 0.15) is 22.7 Å². The van der Waals surface area contributed by atoms with Gasteiger partial charge in [-0.1, -0.05) is 46.6 Å². The Labute approximate surface area is 157 Å². The number of aryl methyl sites for hydroxylation is 1. The Morgan fingerprint density at radius 2 is 1.81 bits per heavy atom. The number of halogens is 2. The number of para-hydroxylation sites is 2. The number of nitro benzene ring substituents is 1. The highest BCUT2D eigenvalue weighted by molar-refractivity contribution is 6.39. The first-order chi connectivity index (χ1) is 12.4. The first-order valence-corrected chi connectivity index (χ1v) is 8.11. The zero-order chi connectivity index (χ0) is 18.8. The predicted octanol–water partition coefficient (Wildman–Crippen LogP) is 5.12. The quantitative estimate of drug-likeness (QED) is 0.491. The van der Waals surface area contributed by atoms with Gasteiger partial charge in [0.2, 0.25) is 0 Å². The SMILES string of the molecule is Cc1onc(-c2c(Cl)cccc2Cl)c1C(=O)Nc1ccccc1[N+](=O)[O-]. The van der Waals surface area contributed by atoms with Gasteiger partial charge in [-0.15, -0.1) is 0 Å². The van der Waals surface area contributed by atoms with Crippen LogP contribution in [0.3, 0.4) is 0 Å². The lowest BCUT2D eigenvalue weighted by Gasteiger charge is -2.08. The van der Waals surface area contributed by atoms with Crippen LogP contribution in [0.2, 0.25) is 10.0 Å². The molecule has 0 spiro atoms. The van der Waals surface area contributed by atoms with E-state index in [-0.39, 0.29) is 28.4 Å². The second-order valence-electron chi connectivity index (χ2n) is 5.29. The third-order valence-corrected chi connectivity index (χ3v) is 4.27. The molecule has 0 aliphatic heterocycles. The van der Waals surface area contributed by atoms with Crippen molar-refractivity contribution in [3.63, 3.8) is 0 Å². The zero-order valence-electron chi connectivity index (χ0n) is 13.3. The molecule has 7 nitrogen and oxygen atoms in total. The Morgan fingerprint density at radius 1 is 1.15 bits per heavy atom. The standard InChI is InChI=1S/C17H11Cl2N3O4/c1-9-14(16(21-26-9)15-10(18)5-4-6-11(15)19)17(23)20-12-7-2-3-8-13(12)22(24)25/h2-8H,1H3,(H,20,23). The van der Waals surface area contributed by atoms with E-state index in [1.54, 1.807) is 31.2 Å². The lowest BCUT2D eigenvalue weighted by molar-refractivity contribution is -0.383. The highest BCUT2D eigenvalue weighted by Gasteiger charge is 2.26. The number of aromatic nitrogens is 1.